The summed E-state index contributed by atoms with van der Waals surface area (Å²) in [7, 11) is 1.66. The second-order valence-electron chi connectivity index (χ2n) is 4.57. The Hall–Kier alpha value is -1.46. The SMILES string of the molecule is COc1ccc(C#CC2CC(C)(C)O2)cc1. The van der Waals surface area contributed by atoms with Crippen molar-refractivity contribution in [3.63, 3.8) is 0 Å². The summed E-state index contributed by atoms with van der Waals surface area (Å²) in [6, 6.07) is 7.73. The Kier molecular flexibility index (Phi) is 2.89. The lowest BCUT2D eigenvalue weighted by molar-refractivity contribution is -0.156. The highest BCUT2D eigenvalue weighted by atomic mass is 16.5. The molecule has 2 nitrogen and oxygen atoms in total. The molecule has 0 bridgehead atoms. The van der Waals surface area contributed by atoms with Gasteiger partial charge in [0.25, 0.3) is 0 Å². The van der Waals surface area contributed by atoms with E-state index in [4.69, 9.17) is 9.47 Å². The maximum atomic E-state index is 5.59. The van der Waals surface area contributed by atoms with Crippen molar-refractivity contribution in [1.29, 1.82) is 0 Å². The molecule has 1 aromatic carbocycles. The third-order valence-corrected chi connectivity index (χ3v) is 2.61. The van der Waals surface area contributed by atoms with E-state index >= 15 is 0 Å². The zero-order valence-electron chi connectivity index (χ0n) is 9.91. The van der Waals surface area contributed by atoms with E-state index in [1.54, 1.807) is 7.11 Å². The van der Waals surface area contributed by atoms with Gasteiger partial charge in [0.1, 0.15) is 11.9 Å². The van der Waals surface area contributed by atoms with Crippen molar-refractivity contribution in [1.82, 2.24) is 0 Å². The van der Waals surface area contributed by atoms with Gasteiger partial charge in [-0.3, -0.25) is 0 Å². The molecule has 1 unspecified atom stereocenters. The quantitative estimate of drug-likeness (QED) is 0.672. The lowest BCUT2D eigenvalue weighted by Gasteiger charge is -2.40. The van der Waals surface area contributed by atoms with Gasteiger partial charge in [0.2, 0.25) is 0 Å². The number of rotatable bonds is 1. The molecule has 0 aromatic heterocycles. The predicted molar refractivity (Wildman–Crippen MR) is 63.4 cm³/mol. The summed E-state index contributed by atoms with van der Waals surface area (Å²) in [4.78, 5) is 0. The van der Waals surface area contributed by atoms with Gasteiger partial charge in [0.05, 0.1) is 12.7 Å². The van der Waals surface area contributed by atoms with Crippen LogP contribution in [0.2, 0.25) is 0 Å². The second kappa shape index (κ2) is 4.19. The standard InChI is InChI=1S/C14H16O2/c1-14(2)10-13(16-14)9-6-11-4-7-12(15-3)8-5-11/h4-5,7-8,13H,10H2,1-3H3. The molecule has 84 valence electrons. The highest BCUT2D eigenvalue weighted by molar-refractivity contribution is 5.39. The molecule has 1 aliphatic heterocycles. The Morgan fingerprint density at radius 1 is 1.31 bits per heavy atom. The fourth-order valence-corrected chi connectivity index (χ4v) is 1.74. The molecule has 0 N–H and O–H groups in total. The van der Waals surface area contributed by atoms with Crippen molar-refractivity contribution < 1.29 is 9.47 Å². The van der Waals surface area contributed by atoms with Crippen LogP contribution in [0.15, 0.2) is 24.3 Å². The summed E-state index contributed by atoms with van der Waals surface area (Å²) in [5.41, 5.74) is 1.01. The summed E-state index contributed by atoms with van der Waals surface area (Å²) in [6.07, 6.45) is 1.10. The molecule has 0 amide bonds. The van der Waals surface area contributed by atoms with Gasteiger partial charge in [-0.2, -0.15) is 0 Å². The van der Waals surface area contributed by atoms with Crippen LogP contribution >= 0.6 is 0 Å². The smallest absolute Gasteiger partial charge is 0.122 e. The fourth-order valence-electron chi connectivity index (χ4n) is 1.74. The molecule has 1 heterocycles. The Balaban J connectivity index is 1.97. The highest BCUT2D eigenvalue weighted by Gasteiger charge is 2.35. The van der Waals surface area contributed by atoms with Crippen molar-refractivity contribution in [2.75, 3.05) is 7.11 Å². The maximum absolute atomic E-state index is 5.59. The molecular weight excluding hydrogens is 200 g/mol. The molecule has 2 rings (SSSR count). The second-order valence-corrected chi connectivity index (χ2v) is 4.57. The minimum atomic E-state index is 0.0131. The van der Waals surface area contributed by atoms with E-state index in [-0.39, 0.29) is 11.7 Å². The van der Waals surface area contributed by atoms with Crippen LogP contribution in [0.3, 0.4) is 0 Å². The van der Waals surface area contributed by atoms with E-state index in [1.165, 1.54) is 0 Å². The number of benzene rings is 1. The fraction of sp³-hybridized carbons (Fsp3) is 0.429. The summed E-state index contributed by atoms with van der Waals surface area (Å²) in [5.74, 6) is 7.07. The van der Waals surface area contributed by atoms with Crippen LogP contribution in [0.25, 0.3) is 0 Å². The minimum Gasteiger partial charge on any atom is -0.497 e. The van der Waals surface area contributed by atoms with Crippen molar-refractivity contribution in [2.45, 2.75) is 32.0 Å². The molecule has 2 heteroatoms. The topological polar surface area (TPSA) is 18.5 Å². The largest absolute Gasteiger partial charge is 0.497 e. The molecule has 0 spiro atoms. The van der Waals surface area contributed by atoms with Crippen LogP contribution in [0.1, 0.15) is 25.8 Å². The van der Waals surface area contributed by atoms with Gasteiger partial charge in [-0.05, 0) is 38.1 Å². The van der Waals surface area contributed by atoms with Crippen molar-refractivity contribution in [2.24, 2.45) is 0 Å². The maximum Gasteiger partial charge on any atom is 0.122 e. The van der Waals surface area contributed by atoms with Gasteiger partial charge < -0.3 is 9.47 Å². The van der Waals surface area contributed by atoms with Crippen LogP contribution in [0, 0.1) is 11.8 Å². The van der Waals surface area contributed by atoms with Crippen LogP contribution in [-0.2, 0) is 4.74 Å². The summed E-state index contributed by atoms with van der Waals surface area (Å²) in [5, 5.41) is 0. The molecule has 16 heavy (non-hydrogen) atoms. The Labute approximate surface area is 96.6 Å². The van der Waals surface area contributed by atoms with Crippen LogP contribution in [0.5, 0.6) is 5.75 Å². The molecule has 1 saturated heterocycles. The predicted octanol–water partition coefficient (Wildman–Crippen LogP) is 2.61. The van der Waals surface area contributed by atoms with Crippen molar-refractivity contribution in [3.05, 3.63) is 29.8 Å². The molecule has 0 radical (unpaired) electrons. The average molecular weight is 216 g/mol. The average Bonchev–Trinajstić information content (AvgIpc) is 2.24. The first kappa shape index (κ1) is 11.0. The Morgan fingerprint density at radius 3 is 2.44 bits per heavy atom. The van der Waals surface area contributed by atoms with Gasteiger partial charge in [0.15, 0.2) is 0 Å². The zero-order valence-corrected chi connectivity index (χ0v) is 9.91. The van der Waals surface area contributed by atoms with Gasteiger partial charge in [-0.15, -0.1) is 0 Å². The van der Waals surface area contributed by atoms with Gasteiger partial charge in [-0.1, -0.05) is 11.8 Å². The van der Waals surface area contributed by atoms with E-state index in [0.29, 0.717) is 0 Å². The molecular formula is C14H16O2. The van der Waals surface area contributed by atoms with E-state index in [2.05, 4.69) is 25.7 Å². The third kappa shape index (κ3) is 2.56. The molecule has 1 atom stereocenters. The van der Waals surface area contributed by atoms with Gasteiger partial charge in [-0.25, -0.2) is 0 Å². The van der Waals surface area contributed by atoms with Gasteiger partial charge in [0, 0.05) is 12.0 Å². The number of hydrogen-bond donors (Lipinski definition) is 0. The van der Waals surface area contributed by atoms with Crippen LogP contribution in [-0.4, -0.2) is 18.8 Å². The van der Waals surface area contributed by atoms with Crippen molar-refractivity contribution in [3.8, 4) is 17.6 Å². The summed E-state index contributed by atoms with van der Waals surface area (Å²) < 4.78 is 10.7. The molecule has 1 aliphatic rings. The van der Waals surface area contributed by atoms with E-state index in [9.17, 15) is 0 Å². The number of ether oxygens (including phenoxy) is 2. The highest BCUT2D eigenvalue weighted by Crippen LogP contribution is 2.30. The summed E-state index contributed by atoms with van der Waals surface area (Å²) >= 11 is 0. The lowest BCUT2D eigenvalue weighted by Crippen LogP contribution is -2.44. The molecule has 1 fully saturated rings. The first-order valence-electron chi connectivity index (χ1n) is 5.42. The normalized spacial score (nSPS) is 21.6. The molecule has 1 aromatic rings. The van der Waals surface area contributed by atoms with E-state index in [0.717, 1.165) is 17.7 Å². The molecule has 0 aliphatic carbocycles. The minimum absolute atomic E-state index is 0.0131. The lowest BCUT2D eigenvalue weighted by atomic mass is 9.93. The van der Waals surface area contributed by atoms with Crippen molar-refractivity contribution >= 4 is 0 Å². The first-order chi connectivity index (χ1) is 7.59. The van der Waals surface area contributed by atoms with Crippen LogP contribution in [0.4, 0.5) is 0 Å². The first-order valence-corrected chi connectivity index (χ1v) is 5.42. The number of methoxy groups -OCH3 is 1. The number of hydrogen-bond acceptors (Lipinski definition) is 2. The molecule has 0 saturated carbocycles. The van der Waals surface area contributed by atoms with Gasteiger partial charge >= 0.3 is 0 Å². The van der Waals surface area contributed by atoms with Crippen LogP contribution < -0.4 is 4.74 Å². The summed E-state index contributed by atoms with van der Waals surface area (Å²) in [6.45, 7) is 4.16. The van der Waals surface area contributed by atoms with E-state index < -0.39 is 0 Å². The Morgan fingerprint density at radius 2 is 1.94 bits per heavy atom. The monoisotopic (exact) mass is 216 g/mol. The Bertz CT molecular complexity index is 412. The zero-order chi connectivity index (χ0) is 11.6. The third-order valence-electron chi connectivity index (χ3n) is 2.61. The van der Waals surface area contributed by atoms with E-state index in [1.807, 2.05) is 24.3 Å².